The molecule has 1 aliphatic heterocycles. The molecule has 3 rings (SSSR count). The van der Waals surface area contributed by atoms with E-state index in [9.17, 15) is 0 Å². The molecule has 0 radical (unpaired) electrons. The highest BCUT2D eigenvalue weighted by Crippen LogP contribution is 2.25. The minimum atomic E-state index is 0.583. The van der Waals surface area contributed by atoms with E-state index in [4.69, 9.17) is 0 Å². The normalized spacial score (nSPS) is 18.2. The van der Waals surface area contributed by atoms with Crippen molar-refractivity contribution < 1.29 is 0 Å². The van der Waals surface area contributed by atoms with Gasteiger partial charge in [-0.05, 0) is 42.5 Å². The molecule has 1 unspecified atom stereocenters. The van der Waals surface area contributed by atoms with Gasteiger partial charge in [0.05, 0.1) is 6.20 Å². The molecule has 1 aromatic heterocycles. The van der Waals surface area contributed by atoms with E-state index in [1.807, 2.05) is 10.9 Å². The molecule has 0 spiro atoms. The fourth-order valence-corrected chi connectivity index (χ4v) is 3.15. The Hall–Kier alpha value is -1.46. The molecule has 1 aromatic carbocycles. The van der Waals surface area contributed by atoms with Crippen LogP contribution in [0.3, 0.4) is 0 Å². The third-order valence-electron chi connectivity index (χ3n) is 4.10. The summed E-state index contributed by atoms with van der Waals surface area (Å²) in [4.78, 5) is 0. The minimum absolute atomic E-state index is 0.583. The number of hydrogen-bond donors (Lipinski definition) is 1. The summed E-state index contributed by atoms with van der Waals surface area (Å²) in [5.41, 5.74) is 2.81. The summed E-state index contributed by atoms with van der Waals surface area (Å²) in [6, 6.07) is 9.21. The van der Waals surface area contributed by atoms with Crippen molar-refractivity contribution in [1.82, 2.24) is 20.3 Å². The van der Waals surface area contributed by atoms with Crippen LogP contribution in [-0.2, 0) is 6.54 Å². The first-order valence-corrected chi connectivity index (χ1v) is 8.63. The van der Waals surface area contributed by atoms with E-state index in [2.05, 4.69) is 61.9 Å². The molecule has 1 N–H and O–H groups in total. The Morgan fingerprint density at radius 1 is 1.23 bits per heavy atom. The Morgan fingerprint density at radius 3 is 2.86 bits per heavy atom. The second-order valence-electron chi connectivity index (χ2n) is 5.71. The first kappa shape index (κ1) is 15.4. The van der Waals surface area contributed by atoms with Gasteiger partial charge in [0, 0.05) is 29.8 Å². The van der Waals surface area contributed by atoms with Gasteiger partial charge in [-0.3, -0.25) is 4.68 Å². The number of rotatable bonds is 6. The van der Waals surface area contributed by atoms with Gasteiger partial charge >= 0.3 is 0 Å². The smallest absolute Gasteiger partial charge is 0.0692 e. The number of aromatic nitrogens is 3. The van der Waals surface area contributed by atoms with Crippen LogP contribution in [0.15, 0.2) is 47.2 Å². The molecular formula is C17H21BrN4. The molecule has 1 atom stereocenters. The third kappa shape index (κ3) is 4.27. The topological polar surface area (TPSA) is 42.7 Å². The molecule has 0 saturated heterocycles. The molecule has 0 fully saturated rings. The van der Waals surface area contributed by atoms with Gasteiger partial charge in [0.15, 0.2) is 0 Å². The van der Waals surface area contributed by atoms with Crippen molar-refractivity contribution in [2.45, 2.75) is 38.3 Å². The van der Waals surface area contributed by atoms with Gasteiger partial charge in [-0.2, -0.15) is 0 Å². The predicted molar refractivity (Wildman–Crippen MR) is 92.4 cm³/mol. The summed E-state index contributed by atoms with van der Waals surface area (Å²) < 4.78 is 3.04. The zero-order chi connectivity index (χ0) is 15.2. The molecule has 0 saturated carbocycles. The fourth-order valence-electron chi connectivity index (χ4n) is 2.89. The Kier molecular flexibility index (Phi) is 5.40. The number of aryl methyl sites for hydroxylation is 1. The van der Waals surface area contributed by atoms with E-state index >= 15 is 0 Å². The highest BCUT2D eigenvalue weighted by Gasteiger charge is 2.15. The van der Waals surface area contributed by atoms with Gasteiger partial charge in [0.1, 0.15) is 0 Å². The molecule has 5 heteroatoms. The lowest BCUT2D eigenvalue weighted by Gasteiger charge is -2.24. The van der Waals surface area contributed by atoms with Crippen molar-refractivity contribution in [3.8, 4) is 0 Å². The Morgan fingerprint density at radius 2 is 2.09 bits per heavy atom. The van der Waals surface area contributed by atoms with Gasteiger partial charge in [-0.15, -0.1) is 5.10 Å². The van der Waals surface area contributed by atoms with Gasteiger partial charge in [-0.25, -0.2) is 0 Å². The summed E-state index contributed by atoms with van der Waals surface area (Å²) >= 11 is 3.50. The maximum atomic E-state index is 4.00. The molecular weight excluding hydrogens is 340 g/mol. The predicted octanol–water partition coefficient (Wildman–Crippen LogP) is 3.66. The number of nitrogens with one attached hydrogen (secondary N) is 1. The summed E-state index contributed by atoms with van der Waals surface area (Å²) in [5, 5.41) is 11.4. The summed E-state index contributed by atoms with van der Waals surface area (Å²) in [7, 11) is 0. The van der Waals surface area contributed by atoms with Crippen LogP contribution in [0.5, 0.6) is 0 Å². The summed E-state index contributed by atoms with van der Waals surface area (Å²) in [5.74, 6) is 0. The quantitative estimate of drug-likeness (QED) is 0.799. The molecule has 0 aliphatic carbocycles. The second-order valence-corrected chi connectivity index (χ2v) is 6.62. The lowest BCUT2D eigenvalue weighted by atomic mass is 9.93. The summed E-state index contributed by atoms with van der Waals surface area (Å²) in [6.07, 6.45) is 10.7. The monoisotopic (exact) mass is 360 g/mol. The van der Waals surface area contributed by atoms with Crippen LogP contribution in [0.2, 0.25) is 0 Å². The van der Waals surface area contributed by atoms with Gasteiger partial charge < -0.3 is 5.32 Å². The van der Waals surface area contributed by atoms with Gasteiger partial charge in [-0.1, -0.05) is 45.8 Å². The SMILES string of the molecule is Brc1ccc(C2=CCNC(CCCCn3ccnn3)C2)cc1. The maximum absolute atomic E-state index is 4.00. The van der Waals surface area contributed by atoms with E-state index in [1.165, 1.54) is 24.0 Å². The third-order valence-corrected chi connectivity index (χ3v) is 4.63. The zero-order valence-electron chi connectivity index (χ0n) is 12.6. The van der Waals surface area contributed by atoms with Crippen molar-refractivity contribution in [2.24, 2.45) is 0 Å². The fraction of sp³-hybridized carbons (Fsp3) is 0.412. The standard InChI is InChI=1S/C17H21BrN4/c18-16-6-4-14(5-7-16)15-8-9-19-17(13-15)3-1-2-11-22-12-10-20-21-22/h4-8,10,12,17,19H,1-3,9,11,13H2. The summed E-state index contributed by atoms with van der Waals surface area (Å²) in [6.45, 7) is 1.93. The van der Waals surface area contributed by atoms with Crippen LogP contribution in [0, 0.1) is 0 Å². The van der Waals surface area contributed by atoms with Crippen LogP contribution >= 0.6 is 15.9 Å². The van der Waals surface area contributed by atoms with Crippen molar-refractivity contribution >= 4 is 21.5 Å². The van der Waals surface area contributed by atoms with Crippen molar-refractivity contribution in [3.05, 3.63) is 52.8 Å². The molecule has 22 heavy (non-hydrogen) atoms. The average molecular weight is 361 g/mol. The average Bonchev–Trinajstić information content (AvgIpc) is 3.06. The minimum Gasteiger partial charge on any atom is -0.310 e. The van der Waals surface area contributed by atoms with E-state index in [-0.39, 0.29) is 0 Å². The highest BCUT2D eigenvalue weighted by molar-refractivity contribution is 9.10. The maximum Gasteiger partial charge on any atom is 0.0692 e. The number of halogens is 1. The lowest BCUT2D eigenvalue weighted by Crippen LogP contribution is -2.32. The van der Waals surface area contributed by atoms with E-state index < -0.39 is 0 Å². The molecule has 0 bridgehead atoms. The molecule has 2 heterocycles. The molecule has 1 aliphatic rings. The lowest BCUT2D eigenvalue weighted by molar-refractivity contribution is 0.453. The first-order chi connectivity index (χ1) is 10.8. The highest BCUT2D eigenvalue weighted by atomic mass is 79.9. The number of hydrogen-bond acceptors (Lipinski definition) is 3. The van der Waals surface area contributed by atoms with E-state index in [0.717, 1.165) is 30.4 Å². The molecule has 4 nitrogen and oxygen atoms in total. The van der Waals surface area contributed by atoms with Crippen LogP contribution in [0.4, 0.5) is 0 Å². The van der Waals surface area contributed by atoms with Crippen molar-refractivity contribution in [2.75, 3.05) is 6.54 Å². The Bertz CT molecular complexity index is 604. The number of nitrogens with zero attached hydrogens (tertiary/aromatic N) is 3. The molecule has 116 valence electrons. The van der Waals surface area contributed by atoms with Gasteiger partial charge in [0.2, 0.25) is 0 Å². The van der Waals surface area contributed by atoms with Crippen LogP contribution < -0.4 is 5.32 Å². The first-order valence-electron chi connectivity index (χ1n) is 7.84. The van der Waals surface area contributed by atoms with Crippen LogP contribution in [-0.4, -0.2) is 27.6 Å². The largest absolute Gasteiger partial charge is 0.310 e. The van der Waals surface area contributed by atoms with E-state index in [1.54, 1.807) is 6.20 Å². The molecule has 2 aromatic rings. The van der Waals surface area contributed by atoms with Gasteiger partial charge in [0.25, 0.3) is 0 Å². The zero-order valence-corrected chi connectivity index (χ0v) is 14.2. The molecule has 0 amide bonds. The van der Waals surface area contributed by atoms with Crippen molar-refractivity contribution in [3.63, 3.8) is 0 Å². The van der Waals surface area contributed by atoms with Crippen molar-refractivity contribution in [1.29, 1.82) is 0 Å². The Balaban J connectivity index is 1.46. The number of unbranched alkanes of at least 4 members (excludes halogenated alkanes) is 1. The Labute approximate surface area is 139 Å². The number of benzene rings is 1. The van der Waals surface area contributed by atoms with Crippen LogP contribution in [0.25, 0.3) is 5.57 Å². The van der Waals surface area contributed by atoms with Crippen LogP contribution in [0.1, 0.15) is 31.2 Å². The second kappa shape index (κ2) is 7.70. The van der Waals surface area contributed by atoms with E-state index in [0.29, 0.717) is 6.04 Å².